The Hall–Kier alpha value is -0.590. The van der Waals surface area contributed by atoms with Crippen LogP contribution in [-0.2, 0) is 6.42 Å². The molecule has 0 radical (unpaired) electrons. The summed E-state index contributed by atoms with van der Waals surface area (Å²) in [4.78, 5) is 8.66. The third kappa shape index (κ3) is 3.05. The van der Waals surface area contributed by atoms with Gasteiger partial charge in [-0.25, -0.2) is 9.97 Å². The largest absolute Gasteiger partial charge is 0.383 e. The summed E-state index contributed by atoms with van der Waals surface area (Å²) in [6.45, 7) is 1.91. The van der Waals surface area contributed by atoms with Gasteiger partial charge in [0.05, 0.1) is 9.26 Å². The molecule has 94 valence electrons. The molecule has 18 heavy (non-hydrogen) atoms. The van der Waals surface area contributed by atoms with E-state index in [1.807, 2.05) is 13.0 Å². The Balaban J connectivity index is 2.34. The highest BCUT2D eigenvalue weighted by molar-refractivity contribution is 14.1. The highest BCUT2D eigenvalue weighted by Gasteiger charge is 2.09. The number of halogens is 3. The zero-order valence-corrected chi connectivity index (χ0v) is 13.2. The molecule has 3 nitrogen and oxygen atoms in total. The van der Waals surface area contributed by atoms with Gasteiger partial charge in [-0.2, -0.15) is 0 Å². The number of benzene rings is 1. The minimum atomic E-state index is 0.503. The van der Waals surface area contributed by atoms with Crippen LogP contribution in [0.3, 0.4) is 0 Å². The molecule has 0 bridgehead atoms. The maximum Gasteiger partial charge on any atom is 0.140 e. The molecule has 0 saturated carbocycles. The van der Waals surface area contributed by atoms with Crippen molar-refractivity contribution in [3.8, 4) is 0 Å². The molecule has 6 heteroatoms. The van der Waals surface area contributed by atoms with Gasteiger partial charge >= 0.3 is 0 Å². The van der Waals surface area contributed by atoms with Gasteiger partial charge < -0.3 is 5.73 Å². The third-order valence-corrected chi connectivity index (χ3v) is 4.37. The number of anilines is 1. The molecule has 0 aliphatic carbocycles. The summed E-state index contributed by atoms with van der Waals surface area (Å²) in [6.07, 6.45) is 0.540. The summed E-state index contributed by atoms with van der Waals surface area (Å²) in [5.74, 6) is 1.16. The number of hydrogen-bond donors (Lipinski definition) is 1. The van der Waals surface area contributed by atoms with Gasteiger partial charge in [-0.15, -0.1) is 0 Å². The van der Waals surface area contributed by atoms with Crippen LogP contribution in [0.1, 0.15) is 17.1 Å². The monoisotopic (exact) mass is 393 g/mol. The van der Waals surface area contributed by atoms with E-state index in [9.17, 15) is 0 Å². The molecule has 0 aliphatic rings. The van der Waals surface area contributed by atoms with Gasteiger partial charge in [0.1, 0.15) is 11.6 Å². The molecule has 2 N–H and O–H groups in total. The molecule has 0 atom stereocenters. The predicted molar refractivity (Wildman–Crippen MR) is 83.2 cm³/mol. The molecular formula is C12H10Cl2IN3. The lowest BCUT2D eigenvalue weighted by molar-refractivity contribution is 0.940. The Labute approximate surface area is 129 Å². The number of aromatic nitrogens is 2. The average Bonchev–Trinajstić information content (AvgIpc) is 2.29. The highest BCUT2D eigenvalue weighted by Crippen LogP contribution is 2.23. The van der Waals surface area contributed by atoms with Gasteiger partial charge in [-0.3, -0.25) is 0 Å². The maximum absolute atomic E-state index is 6.12. The average molecular weight is 394 g/mol. The Morgan fingerprint density at radius 2 is 2.00 bits per heavy atom. The maximum atomic E-state index is 6.12. The fourth-order valence-corrected chi connectivity index (χ4v) is 2.27. The van der Waals surface area contributed by atoms with Crippen molar-refractivity contribution in [2.24, 2.45) is 0 Å². The van der Waals surface area contributed by atoms with Crippen LogP contribution in [0.2, 0.25) is 10.0 Å². The zero-order chi connectivity index (χ0) is 13.3. The van der Waals surface area contributed by atoms with Crippen molar-refractivity contribution in [3.63, 3.8) is 0 Å². The van der Waals surface area contributed by atoms with Crippen LogP contribution in [-0.4, -0.2) is 9.97 Å². The number of nitrogens with two attached hydrogens (primary N) is 1. The van der Waals surface area contributed by atoms with Crippen molar-refractivity contribution >= 4 is 51.6 Å². The SMILES string of the molecule is Cc1nc(Cc2ccc(Cl)cc2Cl)nc(N)c1I. The van der Waals surface area contributed by atoms with Crippen molar-refractivity contribution in [2.45, 2.75) is 13.3 Å². The lowest BCUT2D eigenvalue weighted by Gasteiger charge is -2.07. The quantitative estimate of drug-likeness (QED) is 0.788. The van der Waals surface area contributed by atoms with Crippen LogP contribution in [0.5, 0.6) is 0 Å². The minimum absolute atomic E-state index is 0.503. The smallest absolute Gasteiger partial charge is 0.140 e. The second-order valence-electron chi connectivity index (χ2n) is 3.84. The molecule has 2 aromatic rings. The van der Waals surface area contributed by atoms with E-state index in [1.165, 1.54) is 0 Å². The van der Waals surface area contributed by atoms with Crippen molar-refractivity contribution in [3.05, 3.63) is 48.9 Å². The first-order chi connectivity index (χ1) is 8.47. The summed E-state index contributed by atoms with van der Waals surface area (Å²) in [5.41, 5.74) is 7.63. The Bertz CT molecular complexity index is 579. The van der Waals surface area contributed by atoms with E-state index in [0.717, 1.165) is 14.8 Å². The van der Waals surface area contributed by atoms with Gasteiger partial charge in [-0.05, 0) is 47.2 Å². The normalized spacial score (nSPS) is 10.7. The lowest BCUT2D eigenvalue weighted by atomic mass is 10.1. The minimum Gasteiger partial charge on any atom is -0.383 e. The molecule has 2 rings (SSSR count). The first kappa shape index (κ1) is 13.8. The van der Waals surface area contributed by atoms with E-state index in [0.29, 0.717) is 28.1 Å². The molecular weight excluding hydrogens is 384 g/mol. The van der Waals surface area contributed by atoms with Crippen molar-refractivity contribution in [1.82, 2.24) is 9.97 Å². The van der Waals surface area contributed by atoms with E-state index in [-0.39, 0.29) is 0 Å². The van der Waals surface area contributed by atoms with Gasteiger partial charge in [-0.1, -0.05) is 29.3 Å². The molecule has 0 saturated heterocycles. The van der Waals surface area contributed by atoms with Gasteiger partial charge in [0.2, 0.25) is 0 Å². The van der Waals surface area contributed by atoms with Crippen molar-refractivity contribution in [2.75, 3.05) is 5.73 Å². The van der Waals surface area contributed by atoms with Crippen LogP contribution in [0, 0.1) is 10.5 Å². The Kier molecular flexibility index (Phi) is 4.29. The second kappa shape index (κ2) is 5.59. The Morgan fingerprint density at radius 1 is 1.28 bits per heavy atom. The van der Waals surface area contributed by atoms with Crippen LogP contribution in [0.4, 0.5) is 5.82 Å². The highest BCUT2D eigenvalue weighted by atomic mass is 127. The van der Waals surface area contributed by atoms with E-state index in [4.69, 9.17) is 28.9 Å². The fourth-order valence-electron chi connectivity index (χ4n) is 1.56. The Morgan fingerprint density at radius 3 is 2.61 bits per heavy atom. The standard InChI is InChI=1S/C12H10Cl2IN3/c1-6-11(15)12(16)18-10(17-6)4-7-2-3-8(13)5-9(7)14/h2-3,5H,4H2,1H3,(H2,16,17,18). The van der Waals surface area contributed by atoms with Gasteiger partial charge in [0.15, 0.2) is 0 Å². The summed E-state index contributed by atoms with van der Waals surface area (Å²) < 4.78 is 0.888. The lowest BCUT2D eigenvalue weighted by Crippen LogP contribution is -2.05. The van der Waals surface area contributed by atoms with Crippen molar-refractivity contribution in [1.29, 1.82) is 0 Å². The third-order valence-electron chi connectivity index (χ3n) is 2.45. The number of aryl methyl sites for hydroxylation is 1. The molecule has 0 fully saturated rings. The number of nitrogen functional groups attached to an aromatic ring is 1. The molecule has 0 aliphatic heterocycles. The van der Waals surface area contributed by atoms with Gasteiger partial charge in [0.25, 0.3) is 0 Å². The van der Waals surface area contributed by atoms with Crippen LogP contribution >= 0.6 is 45.8 Å². The predicted octanol–water partition coefficient (Wildman–Crippen LogP) is 3.87. The van der Waals surface area contributed by atoms with E-state index >= 15 is 0 Å². The summed E-state index contributed by atoms with van der Waals surface area (Å²) in [5, 5.41) is 1.23. The molecule has 0 unspecified atom stereocenters. The molecule has 0 spiro atoms. The number of hydrogen-bond acceptors (Lipinski definition) is 3. The molecule has 1 aromatic heterocycles. The van der Waals surface area contributed by atoms with Crippen LogP contribution in [0.15, 0.2) is 18.2 Å². The topological polar surface area (TPSA) is 51.8 Å². The summed E-state index contributed by atoms with van der Waals surface area (Å²) >= 11 is 14.1. The first-order valence-corrected chi connectivity index (χ1v) is 7.03. The second-order valence-corrected chi connectivity index (χ2v) is 5.76. The number of nitrogens with zero attached hydrogens (tertiary/aromatic N) is 2. The van der Waals surface area contributed by atoms with Crippen molar-refractivity contribution < 1.29 is 0 Å². The van der Waals surface area contributed by atoms with E-state index < -0.39 is 0 Å². The molecule has 1 aromatic carbocycles. The number of rotatable bonds is 2. The van der Waals surface area contributed by atoms with Gasteiger partial charge in [0, 0.05) is 16.5 Å². The van der Waals surface area contributed by atoms with Crippen LogP contribution in [0.25, 0.3) is 0 Å². The summed E-state index contributed by atoms with van der Waals surface area (Å²) in [6, 6.07) is 5.38. The first-order valence-electron chi connectivity index (χ1n) is 5.20. The molecule has 0 amide bonds. The van der Waals surface area contributed by atoms with E-state index in [2.05, 4.69) is 32.6 Å². The van der Waals surface area contributed by atoms with Crippen LogP contribution < -0.4 is 5.73 Å². The zero-order valence-electron chi connectivity index (χ0n) is 9.54. The van der Waals surface area contributed by atoms with E-state index in [1.54, 1.807) is 12.1 Å². The fraction of sp³-hybridized carbons (Fsp3) is 0.167. The summed E-state index contributed by atoms with van der Waals surface area (Å²) in [7, 11) is 0. The molecule has 1 heterocycles.